The Morgan fingerprint density at radius 3 is 3.11 bits per heavy atom. The van der Waals surface area contributed by atoms with Crippen molar-refractivity contribution in [1.82, 2.24) is 10.3 Å². The summed E-state index contributed by atoms with van der Waals surface area (Å²) in [7, 11) is 2.11. The topological polar surface area (TPSA) is 59.8 Å². The Morgan fingerprint density at radius 1 is 1.42 bits per heavy atom. The van der Waals surface area contributed by atoms with Gasteiger partial charge in [0.05, 0.1) is 25.4 Å². The summed E-state index contributed by atoms with van der Waals surface area (Å²) in [6.45, 7) is 3.35. The first-order chi connectivity index (χ1) is 9.29. The smallest absolute Gasteiger partial charge is 0.127 e. The summed E-state index contributed by atoms with van der Waals surface area (Å²) < 4.78 is 11.6. The minimum absolute atomic E-state index is 0.0317. The van der Waals surface area contributed by atoms with Gasteiger partial charge in [0.2, 0.25) is 0 Å². The fourth-order valence-electron chi connectivity index (χ4n) is 2.90. The normalized spacial score (nSPS) is 24.8. The van der Waals surface area contributed by atoms with Gasteiger partial charge in [0.15, 0.2) is 0 Å². The van der Waals surface area contributed by atoms with Gasteiger partial charge < -0.3 is 14.4 Å². The molecule has 5 heteroatoms. The zero-order valence-corrected chi connectivity index (χ0v) is 11.3. The largest absolute Gasteiger partial charge is 0.493 e. The average molecular weight is 263 g/mol. The van der Waals surface area contributed by atoms with Crippen LogP contribution < -0.4 is 16.0 Å². The summed E-state index contributed by atoms with van der Waals surface area (Å²) in [6, 6.07) is 6.23. The number of benzene rings is 1. The van der Waals surface area contributed by atoms with Crippen molar-refractivity contribution in [3.8, 4) is 5.75 Å². The Labute approximate surface area is 113 Å². The van der Waals surface area contributed by atoms with E-state index in [4.69, 9.17) is 15.3 Å². The lowest BCUT2D eigenvalue weighted by Gasteiger charge is -2.35. The second-order valence-corrected chi connectivity index (χ2v) is 5.25. The molecule has 2 aliphatic rings. The molecule has 3 rings (SSSR count). The number of nitrogens with zero attached hydrogens (tertiary/aromatic N) is 1. The molecular formula is C14H21N3O2. The summed E-state index contributed by atoms with van der Waals surface area (Å²) in [5.41, 5.74) is 5.28. The average Bonchev–Trinajstić information content (AvgIpc) is 2.89. The van der Waals surface area contributed by atoms with Crippen LogP contribution in [-0.4, -0.2) is 44.4 Å². The van der Waals surface area contributed by atoms with Crippen LogP contribution in [0.4, 0.5) is 0 Å². The number of nitrogens with one attached hydrogen (secondary N) is 1. The second kappa shape index (κ2) is 5.46. The van der Waals surface area contributed by atoms with E-state index in [1.807, 2.05) is 0 Å². The van der Waals surface area contributed by atoms with Gasteiger partial charge in [-0.1, -0.05) is 18.2 Å². The SMILES string of the molecule is CN1CCOC(C(NN)c2cccc3c2OCC3)C1. The van der Waals surface area contributed by atoms with E-state index in [1.165, 1.54) is 5.56 Å². The van der Waals surface area contributed by atoms with Crippen LogP contribution in [-0.2, 0) is 11.2 Å². The highest BCUT2D eigenvalue weighted by atomic mass is 16.5. The second-order valence-electron chi connectivity index (χ2n) is 5.25. The summed E-state index contributed by atoms with van der Waals surface area (Å²) in [6.07, 6.45) is 1.03. The Balaban J connectivity index is 1.88. The molecule has 0 aliphatic carbocycles. The van der Waals surface area contributed by atoms with Crippen LogP contribution in [0.25, 0.3) is 0 Å². The number of nitrogens with two attached hydrogens (primary N) is 1. The van der Waals surface area contributed by atoms with Crippen LogP contribution in [0.1, 0.15) is 17.2 Å². The quantitative estimate of drug-likeness (QED) is 0.613. The van der Waals surface area contributed by atoms with Crippen molar-refractivity contribution in [1.29, 1.82) is 0 Å². The maximum atomic E-state index is 5.88. The van der Waals surface area contributed by atoms with Crippen molar-refractivity contribution < 1.29 is 9.47 Å². The van der Waals surface area contributed by atoms with Gasteiger partial charge in [-0.25, -0.2) is 0 Å². The van der Waals surface area contributed by atoms with E-state index in [2.05, 4.69) is 35.6 Å². The van der Waals surface area contributed by atoms with Crippen LogP contribution >= 0.6 is 0 Å². The van der Waals surface area contributed by atoms with Crippen molar-refractivity contribution in [2.75, 3.05) is 33.4 Å². The van der Waals surface area contributed by atoms with E-state index in [0.29, 0.717) is 0 Å². The van der Waals surface area contributed by atoms with Gasteiger partial charge in [-0.2, -0.15) is 0 Å². The molecule has 0 spiro atoms. The monoisotopic (exact) mass is 263 g/mol. The maximum absolute atomic E-state index is 5.88. The Morgan fingerprint density at radius 2 is 2.32 bits per heavy atom. The Hall–Kier alpha value is -1.14. The predicted octanol–water partition coefficient (Wildman–Crippen LogP) is 0.457. The molecule has 0 aromatic heterocycles. The molecule has 5 nitrogen and oxygen atoms in total. The predicted molar refractivity (Wildman–Crippen MR) is 72.9 cm³/mol. The van der Waals surface area contributed by atoms with E-state index in [-0.39, 0.29) is 12.1 Å². The number of hydrogen-bond donors (Lipinski definition) is 2. The van der Waals surface area contributed by atoms with Crippen molar-refractivity contribution in [3.63, 3.8) is 0 Å². The van der Waals surface area contributed by atoms with E-state index in [1.54, 1.807) is 0 Å². The van der Waals surface area contributed by atoms with Gasteiger partial charge in [0.1, 0.15) is 5.75 Å². The van der Waals surface area contributed by atoms with E-state index >= 15 is 0 Å². The molecule has 0 saturated carbocycles. The third-order valence-corrected chi connectivity index (χ3v) is 3.93. The summed E-state index contributed by atoms with van der Waals surface area (Å²) in [5, 5.41) is 0. The maximum Gasteiger partial charge on any atom is 0.127 e. The molecule has 3 N–H and O–H groups in total. The fraction of sp³-hybridized carbons (Fsp3) is 0.571. The van der Waals surface area contributed by atoms with Crippen LogP contribution in [0.15, 0.2) is 18.2 Å². The highest BCUT2D eigenvalue weighted by Crippen LogP contribution is 2.35. The first-order valence-electron chi connectivity index (χ1n) is 6.80. The number of likely N-dealkylation sites (N-methyl/N-ethyl adjacent to an activating group) is 1. The standard InChI is InChI=1S/C14H21N3O2/c1-17-6-8-18-12(9-17)13(16-15)11-4-2-3-10-5-7-19-14(10)11/h2-4,12-13,16H,5-9,15H2,1H3. The van der Waals surface area contributed by atoms with Crippen LogP contribution in [0, 0.1) is 0 Å². The van der Waals surface area contributed by atoms with Crippen LogP contribution in [0.2, 0.25) is 0 Å². The molecule has 0 bridgehead atoms. The first kappa shape index (κ1) is 12.9. The number of hydrogen-bond acceptors (Lipinski definition) is 5. The zero-order valence-electron chi connectivity index (χ0n) is 11.3. The minimum Gasteiger partial charge on any atom is -0.493 e. The molecule has 2 unspecified atom stereocenters. The van der Waals surface area contributed by atoms with Gasteiger partial charge in [-0.05, 0) is 12.6 Å². The van der Waals surface area contributed by atoms with Gasteiger partial charge >= 0.3 is 0 Å². The molecule has 1 fully saturated rings. The van der Waals surface area contributed by atoms with E-state index < -0.39 is 0 Å². The van der Waals surface area contributed by atoms with Crippen molar-refractivity contribution in [2.45, 2.75) is 18.6 Å². The molecule has 1 saturated heterocycles. The summed E-state index contributed by atoms with van der Waals surface area (Å²) in [5.74, 6) is 6.76. The molecule has 2 atom stereocenters. The molecule has 1 aromatic rings. The van der Waals surface area contributed by atoms with Gasteiger partial charge in [-0.3, -0.25) is 11.3 Å². The minimum atomic E-state index is -0.0317. The number of fused-ring (bicyclic) bond motifs is 1. The number of rotatable bonds is 3. The lowest BCUT2D eigenvalue weighted by molar-refractivity contribution is -0.0396. The van der Waals surface area contributed by atoms with E-state index in [0.717, 1.165) is 44.0 Å². The Bertz CT molecular complexity index is 452. The molecular weight excluding hydrogens is 242 g/mol. The number of hydrazine groups is 1. The highest BCUT2D eigenvalue weighted by Gasteiger charge is 2.31. The molecule has 0 amide bonds. The van der Waals surface area contributed by atoms with Gasteiger partial charge in [-0.15, -0.1) is 0 Å². The fourth-order valence-corrected chi connectivity index (χ4v) is 2.90. The van der Waals surface area contributed by atoms with Crippen molar-refractivity contribution >= 4 is 0 Å². The molecule has 19 heavy (non-hydrogen) atoms. The number of ether oxygens (including phenoxy) is 2. The number of morpholine rings is 1. The van der Waals surface area contributed by atoms with Crippen molar-refractivity contribution in [3.05, 3.63) is 29.3 Å². The zero-order chi connectivity index (χ0) is 13.2. The summed E-state index contributed by atoms with van der Waals surface area (Å²) >= 11 is 0. The molecule has 0 radical (unpaired) electrons. The lowest BCUT2D eigenvalue weighted by atomic mass is 9.97. The molecule has 1 aromatic carbocycles. The molecule has 104 valence electrons. The van der Waals surface area contributed by atoms with Crippen LogP contribution in [0.5, 0.6) is 5.75 Å². The molecule has 2 heterocycles. The first-order valence-corrected chi connectivity index (χ1v) is 6.80. The lowest BCUT2D eigenvalue weighted by Crippen LogP contribution is -2.48. The highest BCUT2D eigenvalue weighted by molar-refractivity contribution is 5.46. The summed E-state index contributed by atoms with van der Waals surface area (Å²) in [4.78, 5) is 2.27. The third-order valence-electron chi connectivity index (χ3n) is 3.93. The van der Waals surface area contributed by atoms with Gasteiger partial charge in [0.25, 0.3) is 0 Å². The van der Waals surface area contributed by atoms with Crippen LogP contribution in [0.3, 0.4) is 0 Å². The van der Waals surface area contributed by atoms with E-state index in [9.17, 15) is 0 Å². The van der Waals surface area contributed by atoms with Crippen molar-refractivity contribution in [2.24, 2.45) is 5.84 Å². The van der Waals surface area contributed by atoms with Gasteiger partial charge in [0, 0.05) is 25.1 Å². The molecule has 2 aliphatic heterocycles. The Kier molecular flexibility index (Phi) is 3.70. The third kappa shape index (κ3) is 2.47. The number of para-hydroxylation sites is 1.